The molecule has 0 atom stereocenters. The van der Waals surface area contributed by atoms with Gasteiger partial charge in [-0.25, -0.2) is 4.99 Å². The molecular weight excluding hydrogens is 479 g/mol. The number of hydrogen-bond donors (Lipinski definition) is 2. The minimum absolute atomic E-state index is 0. The highest BCUT2D eigenvalue weighted by Crippen LogP contribution is 2.13. The van der Waals surface area contributed by atoms with Gasteiger partial charge >= 0.3 is 0 Å². The van der Waals surface area contributed by atoms with Crippen LogP contribution in [-0.4, -0.2) is 44.0 Å². The SMILES string of the molecule is CCNC(=NCc1ccc(C(=O)NC)cc1)N(C)Cc1ccc(OCC)cc1.I. The van der Waals surface area contributed by atoms with Crippen molar-refractivity contribution in [1.82, 2.24) is 15.5 Å². The second kappa shape index (κ2) is 13.0. The first-order valence-electron chi connectivity index (χ1n) is 9.59. The highest BCUT2D eigenvalue weighted by atomic mass is 127. The summed E-state index contributed by atoms with van der Waals surface area (Å²) in [7, 11) is 3.65. The number of carbonyl (C=O) groups excluding carboxylic acids is 1. The first-order valence-corrected chi connectivity index (χ1v) is 9.59. The largest absolute Gasteiger partial charge is 0.494 e. The molecule has 0 fully saturated rings. The lowest BCUT2D eigenvalue weighted by molar-refractivity contribution is 0.0963. The van der Waals surface area contributed by atoms with Gasteiger partial charge in [0.15, 0.2) is 5.96 Å². The summed E-state index contributed by atoms with van der Waals surface area (Å²) in [4.78, 5) is 18.5. The van der Waals surface area contributed by atoms with Crippen molar-refractivity contribution in [3.05, 3.63) is 65.2 Å². The summed E-state index contributed by atoms with van der Waals surface area (Å²) in [5.41, 5.74) is 2.89. The Morgan fingerprint density at radius 3 is 2.21 bits per heavy atom. The number of carbonyl (C=O) groups is 1. The van der Waals surface area contributed by atoms with E-state index in [2.05, 4.69) is 34.6 Å². The number of hydrogen-bond acceptors (Lipinski definition) is 3. The van der Waals surface area contributed by atoms with Crippen LogP contribution in [0.2, 0.25) is 0 Å². The van der Waals surface area contributed by atoms with Crippen LogP contribution in [0.5, 0.6) is 5.75 Å². The Kier molecular flexibility index (Phi) is 11.1. The van der Waals surface area contributed by atoms with E-state index in [9.17, 15) is 4.79 Å². The zero-order valence-electron chi connectivity index (χ0n) is 17.6. The highest BCUT2D eigenvalue weighted by Gasteiger charge is 2.07. The zero-order chi connectivity index (χ0) is 20.4. The Morgan fingerprint density at radius 2 is 1.66 bits per heavy atom. The minimum Gasteiger partial charge on any atom is -0.494 e. The molecule has 1 amide bonds. The summed E-state index contributed by atoms with van der Waals surface area (Å²) in [5.74, 6) is 1.64. The molecule has 0 bridgehead atoms. The summed E-state index contributed by atoms with van der Waals surface area (Å²) in [6, 6.07) is 15.6. The molecule has 158 valence electrons. The fourth-order valence-corrected chi connectivity index (χ4v) is 2.75. The first-order chi connectivity index (χ1) is 13.6. The maximum absolute atomic E-state index is 11.6. The maximum Gasteiger partial charge on any atom is 0.251 e. The summed E-state index contributed by atoms with van der Waals surface area (Å²) < 4.78 is 5.49. The second-order valence-corrected chi connectivity index (χ2v) is 6.38. The average Bonchev–Trinajstić information content (AvgIpc) is 2.72. The number of aliphatic imine (C=N–C) groups is 1. The quantitative estimate of drug-likeness (QED) is 0.323. The lowest BCUT2D eigenvalue weighted by Gasteiger charge is -2.22. The van der Waals surface area contributed by atoms with Gasteiger partial charge in [-0.2, -0.15) is 0 Å². The topological polar surface area (TPSA) is 66.0 Å². The Morgan fingerprint density at radius 1 is 1.03 bits per heavy atom. The van der Waals surface area contributed by atoms with Gasteiger partial charge in [-0.05, 0) is 49.2 Å². The molecule has 0 heterocycles. The molecule has 0 aliphatic heterocycles. The van der Waals surface area contributed by atoms with E-state index in [-0.39, 0.29) is 29.9 Å². The number of halogens is 1. The Labute approximate surface area is 190 Å². The molecule has 0 unspecified atom stereocenters. The van der Waals surface area contributed by atoms with Crippen molar-refractivity contribution in [2.45, 2.75) is 26.9 Å². The molecule has 0 aliphatic rings. The summed E-state index contributed by atoms with van der Waals surface area (Å²) in [6.07, 6.45) is 0. The fraction of sp³-hybridized carbons (Fsp3) is 0.364. The second-order valence-electron chi connectivity index (χ2n) is 6.38. The third kappa shape index (κ3) is 7.92. The average molecular weight is 510 g/mol. The van der Waals surface area contributed by atoms with Crippen molar-refractivity contribution in [1.29, 1.82) is 0 Å². The third-order valence-corrected chi connectivity index (χ3v) is 4.21. The standard InChI is InChI=1S/C22H30N4O2.HI/c1-5-24-22(25-15-17-7-11-19(12-8-17)21(27)23-3)26(4)16-18-9-13-20(14-10-18)28-6-2;/h7-14H,5-6,15-16H2,1-4H3,(H,23,27)(H,24,25);1H. The Hall–Kier alpha value is -2.29. The van der Waals surface area contributed by atoms with Crippen LogP contribution in [0.4, 0.5) is 0 Å². The summed E-state index contributed by atoms with van der Waals surface area (Å²) in [5, 5.41) is 5.96. The number of benzene rings is 2. The molecule has 0 saturated carbocycles. The molecule has 29 heavy (non-hydrogen) atoms. The molecule has 7 heteroatoms. The molecule has 2 aromatic rings. The van der Waals surface area contributed by atoms with Gasteiger partial charge in [-0.15, -0.1) is 24.0 Å². The monoisotopic (exact) mass is 510 g/mol. The molecular formula is C22H31IN4O2. The van der Waals surface area contributed by atoms with Crippen LogP contribution in [0.1, 0.15) is 35.3 Å². The molecule has 0 radical (unpaired) electrons. The molecule has 2 N–H and O–H groups in total. The smallest absolute Gasteiger partial charge is 0.251 e. The zero-order valence-corrected chi connectivity index (χ0v) is 19.9. The normalized spacial score (nSPS) is 10.7. The van der Waals surface area contributed by atoms with Gasteiger partial charge in [0.05, 0.1) is 13.2 Å². The van der Waals surface area contributed by atoms with E-state index >= 15 is 0 Å². The number of guanidine groups is 1. The highest BCUT2D eigenvalue weighted by molar-refractivity contribution is 14.0. The van der Waals surface area contributed by atoms with Crippen molar-refractivity contribution in [3.8, 4) is 5.75 Å². The van der Waals surface area contributed by atoms with Gasteiger partial charge in [0.1, 0.15) is 5.75 Å². The maximum atomic E-state index is 11.6. The molecule has 0 spiro atoms. The van der Waals surface area contributed by atoms with Gasteiger partial charge in [0.25, 0.3) is 5.91 Å². The Bertz CT molecular complexity index is 776. The van der Waals surface area contributed by atoms with E-state index in [0.717, 1.165) is 30.4 Å². The van der Waals surface area contributed by atoms with Gasteiger partial charge in [0.2, 0.25) is 0 Å². The van der Waals surface area contributed by atoms with Crippen LogP contribution in [-0.2, 0) is 13.1 Å². The third-order valence-electron chi connectivity index (χ3n) is 4.21. The van der Waals surface area contributed by atoms with Crippen LogP contribution in [0.25, 0.3) is 0 Å². The number of nitrogens with zero attached hydrogens (tertiary/aromatic N) is 2. The lowest BCUT2D eigenvalue weighted by Crippen LogP contribution is -2.38. The van der Waals surface area contributed by atoms with Crippen molar-refractivity contribution < 1.29 is 9.53 Å². The Balaban J connectivity index is 0.00000420. The van der Waals surface area contributed by atoms with Crippen LogP contribution >= 0.6 is 24.0 Å². The van der Waals surface area contributed by atoms with E-state index in [1.54, 1.807) is 7.05 Å². The van der Waals surface area contributed by atoms with Crippen LogP contribution in [0.3, 0.4) is 0 Å². The molecule has 0 aliphatic carbocycles. The van der Waals surface area contributed by atoms with E-state index < -0.39 is 0 Å². The molecule has 0 aromatic heterocycles. The van der Waals surface area contributed by atoms with E-state index in [4.69, 9.17) is 9.73 Å². The molecule has 2 aromatic carbocycles. The number of ether oxygens (including phenoxy) is 1. The van der Waals surface area contributed by atoms with Crippen molar-refractivity contribution >= 4 is 35.8 Å². The first kappa shape index (κ1) is 24.7. The van der Waals surface area contributed by atoms with Crippen LogP contribution in [0.15, 0.2) is 53.5 Å². The van der Waals surface area contributed by atoms with Crippen molar-refractivity contribution in [2.24, 2.45) is 4.99 Å². The van der Waals surface area contributed by atoms with E-state index in [1.807, 2.05) is 50.4 Å². The lowest BCUT2D eigenvalue weighted by atomic mass is 10.1. The van der Waals surface area contributed by atoms with Crippen LogP contribution < -0.4 is 15.4 Å². The number of nitrogens with one attached hydrogen (secondary N) is 2. The van der Waals surface area contributed by atoms with E-state index in [0.29, 0.717) is 18.7 Å². The summed E-state index contributed by atoms with van der Waals surface area (Å²) in [6.45, 7) is 6.78. The van der Waals surface area contributed by atoms with Gasteiger partial charge in [-0.1, -0.05) is 24.3 Å². The molecule has 0 saturated heterocycles. The van der Waals surface area contributed by atoms with E-state index in [1.165, 1.54) is 5.56 Å². The number of rotatable bonds is 8. The number of amides is 1. The predicted octanol–water partition coefficient (Wildman–Crippen LogP) is 3.66. The molecule has 6 nitrogen and oxygen atoms in total. The fourth-order valence-electron chi connectivity index (χ4n) is 2.75. The van der Waals surface area contributed by atoms with Crippen LogP contribution in [0, 0.1) is 0 Å². The van der Waals surface area contributed by atoms with Gasteiger partial charge in [-0.3, -0.25) is 4.79 Å². The predicted molar refractivity (Wildman–Crippen MR) is 129 cm³/mol. The van der Waals surface area contributed by atoms with Gasteiger partial charge < -0.3 is 20.3 Å². The van der Waals surface area contributed by atoms with Crippen molar-refractivity contribution in [2.75, 3.05) is 27.2 Å². The minimum atomic E-state index is -0.0847. The van der Waals surface area contributed by atoms with Gasteiger partial charge in [0, 0.05) is 32.7 Å². The summed E-state index contributed by atoms with van der Waals surface area (Å²) >= 11 is 0. The van der Waals surface area contributed by atoms with Crippen molar-refractivity contribution in [3.63, 3.8) is 0 Å². The molecule has 2 rings (SSSR count).